The van der Waals surface area contributed by atoms with E-state index in [1.54, 1.807) is 25.1 Å². The van der Waals surface area contributed by atoms with Crippen LogP contribution in [-0.4, -0.2) is 28.1 Å². The number of hydrogen-bond acceptors (Lipinski definition) is 4. The molecule has 6 nitrogen and oxygen atoms in total. The number of carboxylic acids is 1. The molecule has 0 saturated heterocycles. The van der Waals surface area contributed by atoms with Gasteiger partial charge in [0.25, 0.3) is 5.91 Å². The molecule has 1 aromatic carbocycles. The number of aryl methyl sites for hydroxylation is 1. The summed E-state index contributed by atoms with van der Waals surface area (Å²) in [5.41, 5.74) is 0.691. The topological polar surface area (TPSA) is 99.8 Å². The number of amides is 1. The second-order valence-corrected chi connectivity index (χ2v) is 4.65. The minimum Gasteiger partial charge on any atom is -0.508 e. The maximum Gasteiger partial charge on any atom is 0.326 e. The molecule has 0 spiro atoms. The second kappa shape index (κ2) is 6.13. The molecule has 2 aromatic rings. The molecule has 1 heterocycles. The van der Waals surface area contributed by atoms with Crippen LogP contribution in [-0.2, 0) is 11.2 Å². The maximum absolute atomic E-state index is 11.9. The smallest absolute Gasteiger partial charge is 0.326 e. The number of benzene rings is 1. The number of carboxylic acid groups (broad SMARTS) is 1. The number of carbonyl (C=O) groups is 2. The molecule has 0 aliphatic carbocycles. The van der Waals surface area contributed by atoms with E-state index in [1.807, 2.05) is 0 Å². The summed E-state index contributed by atoms with van der Waals surface area (Å²) >= 11 is 0. The zero-order valence-corrected chi connectivity index (χ0v) is 11.4. The van der Waals surface area contributed by atoms with Gasteiger partial charge in [-0.1, -0.05) is 12.1 Å². The number of phenolic OH excluding ortho intramolecular Hbond substituents is 1. The maximum atomic E-state index is 11.9. The van der Waals surface area contributed by atoms with Gasteiger partial charge in [-0.2, -0.15) is 0 Å². The number of hydrogen-bond donors (Lipinski definition) is 3. The Morgan fingerprint density at radius 1 is 1.19 bits per heavy atom. The fourth-order valence-corrected chi connectivity index (χ4v) is 1.85. The molecule has 1 atom stereocenters. The van der Waals surface area contributed by atoms with Crippen molar-refractivity contribution >= 4 is 11.9 Å². The molecule has 6 heteroatoms. The van der Waals surface area contributed by atoms with Crippen molar-refractivity contribution in [2.24, 2.45) is 0 Å². The quantitative estimate of drug-likeness (QED) is 0.778. The molecule has 3 N–H and O–H groups in total. The Morgan fingerprint density at radius 3 is 2.38 bits per heavy atom. The van der Waals surface area contributed by atoms with Crippen molar-refractivity contribution in [2.45, 2.75) is 19.4 Å². The summed E-state index contributed by atoms with van der Waals surface area (Å²) in [7, 11) is 0. The molecule has 0 saturated carbocycles. The van der Waals surface area contributed by atoms with Crippen LogP contribution in [0.2, 0.25) is 0 Å². The van der Waals surface area contributed by atoms with Gasteiger partial charge in [0, 0.05) is 6.42 Å². The monoisotopic (exact) mass is 289 g/mol. The largest absolute Gasteiger partial charge is 0.508 e. The van der Waals surface area contributed by atoms with Crippen LogP contribution in [0.15, 0.2) is 40.8 Å². The fraction of sp³-hybridized carbons (Fsp3) is 0.200. The van der Waals surface area contributed by atoms with Gasteiger partial charge in [0.15, 0.2) is 5.76 Å². The molecule has 0 radical (unpaired) electrons. The van der Waals surface area contributed by atoms with E-state index in [-0.39, 0.29) is 17.9 Å². The summed E-state index contributed by atoms with van der Waals surface area (Å²) in [4.78, 5) is 23.2. The summed E-state index contributed by atoms with van der Waals surface area (Å²) in [5, 5.41) is 20.8. The molecular weight excluding hydrogens is 274 g/mol. The molecular formula is C15H15NO5. The Kier molecular flexibility index (Phi) is 4.27. The van der Waals surface area contributed by atoms with Gasteiger partial charge in [-0.15, -0.1) is 0 Å². The van der Waals surface area contributed by atoms with Crippen LogP contribution >= 0.6 is 0 Å². The molecule has 21 heavy (non-hydrogen) atoms. The molecule has 110 valence electrons. The number of rotatable bonds is 5. The van der Waals surface area contributed by atoms with E-state index < -0.39 is 17.9 Å². The number of carbonyl (C=O) groups excluding carboxylic acids is 1. The first-order chi connectivity index (χ1) is 9.95. The third-order valence-corrected chi connectivity index (χ3v) is 2.94. The average molecular weight is 289 g/mol. The number of aromatic hydroxyl groups is 1. The third-order valence-electron chi connectivity index (χ3n) is 2.94. The van der Waals surface area contributed by atoms with E-state index in [2.05, 4.69) is 5.32 Å². The summed E-state index contributed by atoms with van der Waals surface area (Å²) in [6, 6.07) is 8.18. The van der Waals surface area contributed by atoms with Gasteiger partial charge in [-0.05, 0) is 36.8 Å². The zero-order valence-electron chi connectivity index (χ0n) is 11.4. The van der Waals surface area contributed by atoms with Crippen LogP contribution in [0, 0.1) is 6.92 Å². The predicted molar refractivity (Wildman–Crippen MR) is 74.1 cm³/mol. The van der Waals surface area contributed by atoms with Crippen molar-refractivity contribution in [1.82, 2.24) is 5.32 Å². The Hall–Kier alpha value is -2.76. The first kappa shape index (κ1) is 14.6. The van der Waals surface area contributed by atoms with Crippen LogP contribution in [0.1, 0.15) is 21.9 Å². The van der Waals surface area contributed by atoms with Crippen molar-refractivity contribution in [1.29, 1.82) is 0 Å². The number of phenols is 1. The van der Waals surface area contributed by atoms with Gasteiger partial charge in [0.2, 0.25) is 0 Å². The second-order valence-electron chi connectivity index (χ2n) is 4.65. The molecule has 0 aliphatic rings. The van der Waals surface area contributed by atoms with Crippen LogP contribution in [0.4, 0.5) is 0 Å². The molecule has 1 amide bonds. The Labute approximate surface area is 121 Å². The highest BCUT2D eigenvalue weighted by molar-refractivity contribution is 5.94. The summed E-state index contributed by atoms with van der Waals surface area (Å²) in [6.45, 7) is 1.70. The first-order valence-corrected chi connectivity index (χ1v) is 6.33. The lowest BCUT2D eigenvalue weighted by Crippen LogP contribution is -2.42. The Morgan fingerprint density at radius 2 is 1.86 bits per heavy atom. The lowest BCUT2D eigenvalue weighted by Gasteiger charge is -2.13. The van der Waals surface area contributed by atoms with Crippen molar-refractivity contribution in [3.63, 3.8) is 0 Å². The molecule has 0 bridgehead atoms. The van der Waals surface area contributed by atoms with Gasteiger partial charge in [-0.25, -0.2) is 4.79 Å². The Bertz CT molecular complexity index is 644. The van der Waals surface area contributed by atoms with E-state index in [9.17, 15) is 19.8 Å². The summed E-state index contributed by atoms with van der Waals surface area (Å²) in [5.74, 6) is -0.968. The molecule has 1 aromatic heterocycles. The highest BCUT2D eigenvalue weighted by Crippen LogP contribution is 2.12. The number of aliphatic carboxylic acids is 1. The highest BCUT2D eigenvalue weighted by Gasteiger charge is 2.22. The van der Waals surface area contributed by atoms with Crippen molar-refractivity contribution < 1.29 is 24.2 Å². The van der Waals surface area contributed by atoms with E-state index >= 15 is 0 Å². The van der Waals surface area contributed by atoms with Crippen LogP contribution in [0.3, 0.4) is 0 Å². The molecule has 2 rings (SSSR count). The normalized spacial score (nSPS) is 11.9. The number of furan rings is 1. The lowest BCUT2D eigenvalue weighted by atomic mass is 10.1. The van der Waals surface area contributed by atoms with E-state index in [1.165, 1.54) is 18.2 Å². The van der Waals surface area contributed by atoms with E-state index in [0.717, 1.165) is 0 Å². The fourth-order valence-electron chi connectivity index (χ4n) is 1.85. The van der Waals surface area contributed by atoms with Crippen molar-refractivity contribution in [3.8, 4) is 5.75 Å². The number of nitrogens with one attached hydrogen (secondary N) is 1. The lowest BCUT2D eigenvalue weighted by molar-refractivity contribution is -0.139. The summed E-state index contributed by atoms with van der Waals surface area (Å²) < 4.78 is 5.15. The van der Waals surface area contributed by atoms with Crippen LogP contribution < -0.4 is 5.32 Å². The van der Waals surface area contributed by atoms with Crippen LogP contribution in [0.5, 0.6) is 5.75 Å². The van der Waals surface area contributed by atoms with E-state index in [0.29, 0.717) is 11.3 Å². The highest BCUT2D eigenvalue weighted by atomic mass is 16.4. The van der Waals surface area contributed by atoms with Crippen molar-refractivity contribution in [2.75, 3.05) is 0 Å². The van der Waals surface area contributed by atoms with Gasteiger partial charge >= 0.3 is 5.97 Å². The summed E-state index contributed by atoms with van der Waals surface area (Å²) in [6.07, 6.45) is 0.112. The van der Waals surface area contributed by atoms with Crippen molar-refractivity contribution in [3.05, 3.63) is 53.5 Å². The third kappa shape index (κ3) is 3.85. The Balaban J connectivity index is 2.07. The van der Waals surface area contributed by atoms with E-state index in [4.69, 9.17) is 4.42 Å². The predicted octanol–water partition coefficient (Wildman–Crippen LogP) is 1.72. The van der Waals surface area contributed by atoms with Gasteiger partial charge in [0.05, 0.1) is 0 Å². The van der Waals surface area contributed by atoms with Crippen LogP contribution in [0.25, 0.3) is 0 Å². The molecule has 0 aliphatic heterocycles. The van der Waals surface area contributed by atoms with Gasteiger partial charge < -0.3 is 19.9 Å². The first-order valence-electron chi connectivity index (χ1n) is 6.33. The average Bonchev–Trinajstić information content (AvgIpc) is 2.87. The molecule has 0 unspecified atom stereocenters. The molecule has 0 fully saturated rings. The minimum atomic E-state index is -1.14. The zero-order chi connectivity index (χ0) is 15.4. The standard InChI is InChI=1S/C15H15NO5/c1-9-2-7-13(21-9)14(18)16-12(15(19)20)8-10-3-5-11(17)6-4-10/h2-7,12,17H,8H2,1H3,(H,16,18)(H,19,20)/t12-/m1/s1. The SMILES string of the molecule is Cc1ccc(C(=O)N[C@H](Cc2ccc(O)cc2)C(=O)O)o1. The minimum absolute atomic E-state index is 0.0736. The van der Waals surface area contributed by atoms with Gasteiger partial charge in [0.1, 0.15) is 17.6 Å². The van der Waals surface area contributed by atoms with Gasteiger partial charge in [-0.3, -0.25) is 4.79 Å².